The number of sulfonamides is 1. The molecule has 0 bridgehead atoms. The zero-order valence-corrected chi connectivity index (χ0v) is 17.1. The van der Waals surface area contributed by atoms with Crippen molar-refractivity contribution in [3.63, 3.8) is 0 Å². The number of nitrogens with zero attached hydrogens (tertiary/aromatic N) is 2. The lowest BCUT2D eigenvalue weighted by molar-refractivity contribution is 0.187. The molecule has 7 nitrogen and oxygen atoms in total. The van der Waals surface area contributed by atoms with Crippen molar-refractivity contribution in [1.29, 1.82) is 0 Å². The van der Waals surface area contributed by atoms with Gasteiger partial charge in [-0.3, -0.25) is 0 Å². The molecule has 0 spiro atoms. The van der Waals surface area contributed by atoms with Crippen LogP contribution in [-0.4, -0.2) is 40.9 Å². The third-order valence-corrected chi connectivity index (χ3v) is 6.51. The Morgan fingerprint density at radius 1 is 1.04 bits per heavy atom. The predicted octanol–water partition coefficient (Wildman–Crippen LogP) is 2.80. The number of rotatable bonds is 7. The van der Waals surface area contributed by atoms with Crippen LogP contribution in [0.3, 0.4) is 0 Å². The summed E-state index contributed by atoms with van der Waals surface area (Å²) in [6.07, 6.45) is 0. The average Bonchev–Trinajstić information content (AvgIpc) is 3.03. The number of aromatic nitrogens is 1. The van der Waals surface area contributed by atoms with Gasteiger partial charge in [0, 0.05) is 13.7 Å². The Morgan fingerprint density at radius 2 is 1.68 bits per heavy atom. The lowest BCUT2D eigenvalue weighted by Gasteiger charge is -2.09. The molecule has 0 aliphatic heterocycles. The number of hydrogen-bond acceptors (Lipinski definition) is 6. The van der Waals surface area contributed by atoms with Crippen LogP contribution in [0.5, 0.6) is 11.5 Å². The zero-order valence-electron chi connectivity index (χ0n) is 15.5. The lowest BCUT2D eigenvalue weighted by atomic mass is 10.3. The van der Waals surface area contributed by atoms with Gasteiger partial charge in [-0.05, 0) is 36.4 Å². The summed E-state index contributed by atoms with van der Waals surface area (Å²) in [5.41, 5.74) is 0.664. The highest BCUT2D eigenvalue weighted by atomic mass is 32.2. The first-order valence-electron chi connectivity index (χ1n) is 8.21. The molecule has 3 aromatic rings. The van der Waals surface area contributed by atoms with Crippen LogP contribution in [-0.2, 0) is 21.3 Å². The van der Waals surface area contributed by atoms with E-state index >= 15 is 0 Å². The third kappa shape index (κ3) is 3.89. The van der Waals surface area contributed by atoms with Crippen LogP contribution in [0.25, 0.3) is 10.2 Å². The number of fused-ring (bicyclic) bond motifs is 1. The van der Waals surface area contributed by atoms with Crippen molar-refractivity contribution in [1.82, 2.24) is 4.57 Å². The first kappa shape index (κ1) is 20.3. The Morgan fingerprint density at radius 3 is 2.29 bits per heavy atom. The molecule has 150 valence electrons. The van der Waals surface area contributed by atoms with Gasteiger partial charge in [0.2, 0.25) is 4.80 Å². The Bertz CT molecular complexity index is 1150. The van der Waals surface area contributed by atoms with E-state index in [9.17, 15) is 12.8 Å². The van der Waals surface area contributed by atoms with E-state index in [1.165, 1.54) is 26.4 Å². The molecule has 10 heteroatoms. The second-order valence-corrected chi connectivity index (χ2v) is 8.28. The van der Waals surface area contributed by atoms with Crippen molar-refractivity contribution < 1.29 is 27.0 Å². The molecule has 0 radical (unpaired) electrons. The summed E-state index contributed by atoms with van der Waals surface area (Å²) < 4.78 is 61.0. The van der Waals surface area contributed by atoms with Gasteiger partial charge in [-0.15, -0.1) is 4.40 Å². The summed E-state index contributed by atoms with van der Waals surface area (Å²) in [5.74, 6) is 0.613. The van der Waals surface area contributed by atoms with Gasteiger partial charge in [0.05, 0.1) is 25.7 Å². The second-order valence-electron chi connectivity index (χ2n) is 5.70. The molecule has 0 saturated heterocycles. The van der Waals surface area contributed by atoms with Crippen LogP contribution in [0.2, 0.25) is 0 Å². The topological polar surface area (TPSA) is 79.1 Å². The summed E-state index contributed by atoms with van der Waals surface area (Å²) >= 11 is 1.16. The Labute approximate surface area is 165 Å². The quantitative estimate of drug-likeness (QED) is 0.581. The summed E-state index contributed by atoms with van der Waals surface area (Å²) in [4.78, 5) is 0.141. The molecule has 0 aliphatic carbocycles. The number of thiazole rings is 1. The molecule has 28 heavy (non-hydrogen) atoms. The molecule has 0 N–H and O–H groups in total. The minimum Gasteiger partial charge on any atom is -0.495 e. The van der Waals surface area contributed by atoms with Gasteiger partial charge in [0.15, 0.2) is 0 Å². The predicted molar refractivity (Wildman–Crippen MR) is 104 cm³/mol. The fourth-order valence-electron chi connectivity index (χ4n) is 2.68. The van der Waals surface area contributed by atoms with E-state index < -0.39 is 15.8 Å². The monoisotopic (exact) mass is 426 g/mol. The number of ether oxygens (including phenoxy) is 3. The van der Waals surface area contributed by atoms with Crippen molar-refractivity contribution >= 4 is 31.6 Å². The molecule has 0 unspecified atom stereocenters. The van der Waals surface area contributed by atoms with Crippen LogP contribution < -0.4 is 14.3 Å². The Kier molecular flexibility index (Phi) is 6.01. The average molecular weight is 426 g/mol. The number of halogens is 1. The van der Waals surface area contributed by atoms with Gasteiger partial charge < -0.3 is 18.8 Å². The van der Waals surface area contributed by atoms with Gasteiger partial charge in [-0.2, -0.15) is 8.42 Å². The molecule has 0 amide bonds. The SMILES string of the molecule is COCCn1c(=NS(=O)(=O)c2ccc(F)cc2)sc2c(OC)ccc(OC)c21. The Hall–Kier alpha value is -2.43. The molecule has 2 aromatic carbocycles. The van der Waals surface area contributed by atoms with Crippen LogP contribution in [0, 0.1) is 5.82 Å². The number of benzene rings is 2. The molecular weight excluding hydrogens is 407 g/mol. The van der Waals surface area contributed by atoms with E-state index in [1.807, 2.05) is 0 Å². The van der Waals surface area contributed by atoms with E-state index in [0.29, 0.717) is 34.9 Å². The number of methoxy groups -OCH3 is 3. The second kappa shape index (κ2) is 8.29. The summed E-state index contributed by atoms with van der Waals surface area (Å²) in [6, 6.07) is 8.02. The fourth-order valence-corrected chi connectivity index (χ4v) is 5.04. The third-order valence-electron chi connectivity index (χ3n) is 4.02. The first-order valence-corrected chi connectivity index (χ1v) is 10.5. The molecular formula is C18H19FN2O5S2. The zero-order chi connectivity index (χ0) is 20.3. The highest BCUT2D eigenvalue weighted by molar-refractivity contribution is 7.90. The molecule has 1 aromatic heterocycles. The largest absolute Gasteiger partial charge is 0.495 e. The van der Waals surface area contributed by atoms with Crippen molar-refractivity contribution in [3.8, 4) is 11.5 Å². The smallest absolute Gasteiger partial charge is 0.285 e. The molecule has 1 heterocycles. The minimum atomic E-state index is -4.04. The summed E-state index contributed by atoms with van der Waals surface area (Å²) in [6.45, 7) is 0.702. The molecule has 0 atom stereocenters. The van der Waals surface area contributed by atoms with Crippen LogP contribution in [0.1, 0.15) is 0 Å². The Balaban J connectivity index is 2.30. The fraction of sp³-hybridized carbons (Fsp3) is 0.278. The van der Waals surface area contributed by atoms with E-state index in [1.54, 1.807) is 23.8 Å². The molecule has 0 saturated carbocycles. The maximum Gasteiger partial charge on any atom is 0.285 e. The van der Waals surface area contributed by atoms with Crippen LogP contribution in [0.4, 0.5) is 4.39 Å². The number of hydrogen-bond donors (Lipinski definition) is 0. The van der Waals surface area contributed by atoms with E-state index in [2.05, 4.69) is 4.40 Å². The normalized spacial score (nSPS) is 12.5. The van der Waals surface area contributed by atoms with Crippen LogP contribution >= 0.6 is 11.3 Å². The first-order chi connectivity index (χ1) is 13.4. The van der Waals surface area contributed by atoms with Crippen LogP contribution in [0.15, 0.2) is 45.7 Å². The molecule has 0 fully saturated rings. The van der Waals surface area contributed by atoms with Gasteiger partial charge in [0.1, 0.15) is 27.5 Å². The maximum absolute atomic E-state index is 13.1. The van der Waals surface area contributed by atoms with Crippen molar-refractivity contribution in [2.45, 2.75) is 11.4 Å². The van der Waals surface area contributed by atoms with E-state index in [0.717, 1.165) is 23.5 Å². The van der Waals surface area contributed by atoms with Gasteiger partial charge in [-0.1, -0.05) is 11.3 Å². The maximum atomic E-state index is 13.1. The van der Waals surface area contributed by atoms with E-state index in [4.69, 9.17) is 14.2 Å². The summed E-state index contributed by atoms with van der Waals surface area (Å²) in [7, 11) is 0.583. The highest BCUT2D eigenvalue weighted by Crippen LogP contribution is 2.35. The molecule has 3 rings (SSSR count). The van der Waals surface area contributed by atoms with Gasteiger partial charge in [-0.25, -0.2) is 4.39 Å². The molecule has 0 aliphatic rings. The van der Waals surface area contributed by atoms with Crippen molar-refractivity contribution in [2.75, 3.05) is 27.9 Å². The van der Waals surface area contributed by atoms with E-state index in [-0.39, 0.29) is 9.70 Å². The highest BCUT2D eigenvalue weighted by Gasteiger charge is 2.19. The minimum absolute atomic E-state index is 0.0939. The van der Waals surface area contributed by atoms with Gasteiger partial charge in [0.25, 0.3) is 10.0 Å². The lowest BCUT2D eigenvalue weighted by Crippen LogP contribution is -2.19. The standard InChI is InChI=1S/C18H19FN2O5S2/c1-24-11-10-21-16-14(25-2)8-9-15(26-3)17(16)27-18(21)20-28(22,23)13-6-4-12(19)5-7-13/h4-9H,10-11H2,1-3H3. The van der Waals surface area contributed by atoms with Crippen molar-refractivity contribution in [3.05, 3.63) is 47.0 Å². The van der Waals surface area contributed by atoms with Gasteiger partial charge >= 0.3 is 0 Å². The van der Waals surface area contributed by atoms with Crippen molar-refractivity contribution in [2.24, 2.45) is 4.40 Å². The summed E-state index contributed by atoms with van der Waals surface area (Å²) in [5, 5.41) is 0.